The maximum Gasteiger partial charge on any atom is 0.488 e. The fourth-order valence-corrected chi connectivity index (χ4v) is 2.80. The number of azo groups is 1. The van der Waals surface area contributed by atoms with Crippen LogP contribution >= 0.6 is 0 Å². The maximum absolute atomic E-state index is 10.9. The molecule has 3 aromatic carbocycles. The lowest BCUT2D eigenvalue weighted by Gasteiger charge is -2.12. The first kappa shape index (κ1) is 20.3. The van der Waals surface area contributed by atoms with Gasteiger partial charge in [0.2, 0.25) is 0 Å². The first-order valence-electron chi connectivity index (χ1n) is 8.97. The number of nitrogens with zero attached hydrogens (tertiary/aromatic N) is 2. The summed E-state index contributed by atoms with van der Waals surface area (Å²) in [4.78, 5) is 10.9. The van der Waals surface area contributed by atoms with Crippen molar-refractivity contribution in [2.24, 2.45) is 10.2 Å². The van der Waals surface area contributed by atoms with Gasteiger partial charge in [0.25, 0.3) is 0 Å². The van der Waals surface area contributed by atoms with E-state index in [1.54, 1.807) is 24.3 Å². The third-order valence-electron chi connectivity index (χ3n) is 4.40. The van der Waals surface area contributed by atoms with E-state index in [2.05, 4.69) is 15.5 Å². The molecule has 0 heterocycles. The van der Waals surface area contributed by atoms with Crippen molar-refractivity contribution in [3.8, 4) is 0 Å². The van der Waals surface area contributed by atoms with Gasteiger partial charge >= 0.3 is 13.1 Å². The van der Waals surface area contributed by atoms with E-state index >= 15 is 0 Å². The van der Waals surface area contributed by atoms with Gasteiger partial charge in [0.15, 0.2) is 0 Å². The highest BCUT2D eigenvalue weighted by Gasteiger charge is 2.14. The Hall–Kier alpha value is -3.49. The van der Waals surface area contributed by atoms with Crippen LogP contribution in [-0.4, -0.2) is 28.2 Å². The number of hydrogen-bond acceptors (Lipinski definition) is 6. The van der Waals surface area contributed by atoms with Crippen LogP contribution in [-0.2, 0) is 6.54 Å². The summed E-state index contributed by atoms with van der Waals surface area (Å²) in [5.74, 6) is -0.983. The predicted molar refractivity (Wildman–Crippen MR) is 112 cm³/mol. The molecule has 0 aliphatic heterocycles. The number of carbonyl (C=O) groups is 1. The molecule has 7 nitrogen and oxygen atoms in total. The molecule has 0 atom stereocenters. The molecule has 0 saturated carbocycles. The van der Waals surface area contributed by atoms with Crippen LogP contribution in [0.25, 0.3) is 0 Å². The minimum absolute atomic E-state index is 0.200. The first-order chi connectivity index (χ1) is 13.9. The summed E-state index contributed by atoms with van der Waals surface area (Å²) in [6.07, 6.45) is 0. The molecule has 0 fully saturated rings. The molecular formula is C21H20BN3O4. The lowest BCUT2D eigenvalue weighted by molar-refractivity contribution is 0.0697. The quantitative estimate of drug-likeness (QED) is 0.365. The summed E-state index contributed by atoms with van der Waals surface area (Å²) < 4.78 is 0. The summed E-state index contributed by atoms with van der Waals surface area (Å²) >= 11 is 0. The second-order valence-electron chi connectivity index (χ2n) is 6.48. The number of carboxylic acids is 1. The van der Waals surface area contributed by atoms with Crippen molar-refractivity contribution in [2.75, 3.05) is 5.32 Å². The van der Waals surface area contributed by atoms with Crippen LogP contribution in [0.15, 0.2) is 77.0 Å². The Balaban J connectivity index is 1.68. The fourth-order valence-electron chi connectivity index (χ4n) is 2.80. The van der Waals surface area contributed by atoms with Crippen molar-refractivity contribution in [2.45, 2.75) is 13.5 Å². The largest absolute Gasteiger partial charge is 0.488 e. The van der Waals surface area contributed by atoms with Crippen molar-refractivity contribution in [1.29, 1.82) is 0 Å². The van der Waals surface area contributed by atoms with Gasteiger partial charge in [0.05, 0.1) is 16.9 Å². The Morgan fingerprint density at radius 3 is 2.38 bits per heavy atom. The van der Waals surface area contributed by atoms with Crippen LogP contribution in [0.1, 0.15) is 21.5 Å². The third kappa shape index (κ3) is 5.28. The van der Waals surface area contributed by atoms with Gasteiger partial charge in [-0.25, -0.2) is 4.79 Å². The molecule has 3 aromatic rings. The van der Waals surface area contributed by atoms with E-state index in [1.165, 1.54) is 12.1 Å². The highest BCUT2D eigenvalue weighted by atomic mass is 16.4. The second kappa shape index (κ2) is 9.14. The number of nitrogens with one attached hydrogen (secondary N) is 1. The highest BCUT2D eigenvalue weighted by Crippen LogP contribution is 2.25. The zero-order valence-corrected chi connectivity index (χ0v) is 15.8. The Labute approximate surface area is 168 Å². The van der Waals surface area contributed by atoms with Crippen molar-refractivity contribution in [3.63, 3.8) is 0 Å². The SMILES string of the molecule is Cc1cc(NCc2ccccc2B(O)O)ccc1/N=N/c1ccc(C(=O)O)cc1. The van der Waals surface area contributed by atoms with E-state index in [0.29, 0.717) is 23.4 Å². The lowest BCUT2D eigenvalue weighted by atomic mass is 9.77. The van der Waals surface area contributed by atoms with Crippen molar-refractivity contribution in [1.82, 2.24) is 0 Å². The molecule has 4 N–H and O–H groups in total. The van der Waals surface area contributed by atoms with Gasteiger partial charge in [-0.2, -0.15) is 10.2 Å². The Morgan fingerprint density at radius 2 is 1.72 bits per heavy atom. The third-order valence-corrected chi connectivity index (χ3v) is 4.40. The molecule has 0 aromatic heterocycles. The molecule has 29 heavy (non-hydrogen) atoms. The first-order valence-corrected chi connectivity index (χ1v) is 8.97. The lowest BCUT2D eigenvalue weighted by Crippen LogP contribution is -2.33. The highest BCUT2D eigenvalue weighted by molar-refractivity contribution is 6.59. The smallest absolute Gasteiger partial charge is 0.478 e. The van der Waals surface area contributed by atoms with E-state index in [4.69, 9.17) is 5.11 Å². The van der Waals surface area contributed by atoms with Gasteiger partial charge in [-0.05, 0) is 66.0 Å². The van der Waals surface area contributed by atoms with Gasteiger partial charge in [-0.15, -0.1) is 0 Å². The molecule has 0 amide bonds. The number of anilines is 1. The van der Waals surface area contributed by atoms with Crippen LogP contribution in [0.5, 0.6) is 0 Å². The molecular weight excluding hydrogens is 369 g/mol. The summed E-state index contributed by atoms with van der Waals surface area (Å²) in [5.41, 5.74) is 4.52. The standard InChI is InChI=1S/C21H20BN3O4/c1-14-12-18(23-13-16-4-2-3-5-19(16)22(28)29)10-11-20(14)25-24-17-8-6-15(7-9-17)21(26)27/h2-12,23,28-29H,13H2,1H3,(H,26,27)/b25-24+. The van der Waals surface area contributed by atoms with Crippen LogP contribution in [0.3, 0.4) is 0 Å². The monoisotopic (exact) mass is 389 g/mol. The molecule has 0 saturated heterocycles. The average molecular weight is 389 g/mol. The number of aryl methyl sites for hydroxylation is 1. The van der Waals surface area contributed by atoms with Crippen LogP contribution in [0, 0.1) is 6.92 Å². The minimum Gasteiger partial charge on any atom is -0.478 e. The van der Waals surface area contributed by atoms with Gasteiger partial charge < -0.3 is 20.5 Å². The Bertz CT molecular complexity index is 1040. The number of hydrogen-bond donors (Lipinski definition) is 4. The second-order valence-corrected chi connectivity index (χ2v) is 6.48. The summed E-state index contributed by atoms with van der Waals surface area (Å²) in [6.45, 7) is 2.36. The number of aromatic carboxylic acids is 1. The van der Waals surface area contributed by atoms with E-state index < -0.39 is 13.1 Å². The fraction of sp³-hybridized carbons (Fsp3) is 0.0952. The van der Waals surface area contributed by atoms with Crippen molar-refractivity contribution in [3.05, 3.63) is 83.4 Å². The molecule has 8 heteroatoms. The van der Waals surface area contributed by atoms with Crippen molar-refractivity contribution < 1.29 is 19.9 Å². The average Bonchev–Trinajstić information content (AvgIpc) is 2.72. The Kier molecular flexibility index (Phi) is 6.38. The summed E-state index contributed by atoms with van der Waals surface area (Å²) in [5, 5.41) is 39.5. The number of benzene rings is 3. The molecule has 0 bridgehead atoms. The Morgan fingerprint density at radius 1 is 1.00 bits per heavy atom. The topological polar surface area (TPSA) is 115 Å². The number of rotatable bonds is 7. The maximum atomic E-state index is 10.9. The summed E-state index contributed by atoms with van der Waals surface area (Å²) in [6, 6.07) is 18.9. The molecule has 0 aliphatic carbocycles. The van der Waals surface area contributed by atoms with E-state index in [0.717, 1.165) is 16.8 Å². The zero-order valence-electron chi connectivity index (χ0n) is 15.8. The molecule has 3 rings (SSSR count). The van der Waals surface area contributed by atoms with Crippen LogP contribution < -0.4 is 10.8 Å². The van der Waals surface area contributed by atoms with E-state index in [9.17, 15) is 14.8 Å². The zero-order chi connectivity index (χ0) is 20.8. The van der Waals surface area contributed by atoms with E-state index in [1.807, 2.05) is 37.3 Å². The van der Waals surface area contributed by atoms with Crippen LogP contribution in [0.2, 0.25) is 0 Å². The summed E-state index contributed by atoms with van der Waals surface area (Å²) in [7, 11) is -1.51. The predicted octanol–water partition coefficient (Wildman–Crippen LogP) is 3.40. The molecule has 0 spiro atoms. The van der Waals surface area contributed by atoms with E-state index in [-0.39, 0.29) is 5.56 Å². The van der Waals surface area contributed by atoms with Gasteiger partial charge in [-0.1, -0.05) is 24.3 Å². The van der Waals surface area contributed by atoms with Gasteiger partial charge in [0, 0.05) is 12.2 Å². The van der Waals surface area contributed by atoms with Crippen LogP contribution in [0.4, 0.5) is 17.1 Å². The normalized spacial score (nSPS) is 10.9. The van der Waals surface area contributed by atoms with Crippen molar-refractivity contribution >= 4 is 35.6 Å². The van der Waals surface area contributed by atoms with Gasteiger partial charge in [0.1, 0.15) is 0 Å². The number of carboxylic acid groups (broad SMARTS) is 1. The van der Waals surface area contributed by atoms with Gasteiger partial charge in [-0.3, -0.25) is 0 Å². The molecule has 146 valence electrons. The molecule has 0 aliphatic rings. The molecule has 0 unspecified atom stereocenters. The minimum atomic E-state index is -1.51. The molecule has 0 radical (unpaired) electrons.